The fourth-order valence-electron chi connectivity index (χ4n) is 5.84. The SMILES string of the molecule is c1ccc2c(c1)CC(c1cccc3ccccc13)[C]2C1CCCc2ccccc21. The minimum absolute atomic E-state index is 0.467. The molecule has 141 valence electrons. The van der Waals surface area contributed by atoms with Crippen molar-refractivity contribution in [3.8, 4) is 0 Å². The lowest BCUT2D eigenvalue weighted by Crippen LogP contribution is -2.21. The molecule has 0 bridgehead atoms. The van der Waals surface area contributed by atoms with Crippen molar-refractivity contribution < 1.29 is 0 Å². The van der Waals surface area contributed by atoms with Gasteiger partial charge in [0.2, 0.25) is 0 Å². The molecule has 4 aromatic carbocycles. The fourth-order valence-corrected chi connectivity index (χ4v) is 5.84. The van der Waals surface area contributed by atoms with Crippen molar-refractivity contribution in [2.75, 3.05) is 0 Å². The number of rotatable bonds is 2. The molecular weight excluding hydrogens is 348 g/mol. The highest BCUT2D eigenvalue weighted by Gasteiger charge is 2.41. The second-order valence-electron chi connectivity index (χ2n) is 8.58. The molecule has 0 aliphatic heterocycles. The Morgan fingerprint density at radius 1 is 0.586 bits per heavy atom. The van der Waals surface area contributed by atoms with Crippen molar-refractivity contribution in [3.63, 3.8) is 0 Å². The lowest BCUT2D eigenvalue weighted by molar-refractivity contribution is 0.538. The molecule has 6 rings (SSSR count). The van der Waals surface area contributed by atoms with Crippen LogP contribution in [0.15, 0.2) is 91.0 Å². The smallest absolute Gasteiger partial charge is 0.0205 e. The molecule has 2 unspecified atom stereocenters. The van der Waals surface area contributed by atoms with Crippen LogP contribution >= 0.6 is 0 Å². The quantitative estimate of drug-likeness (QED) is 0.348. The molecule has 1 radical (unpaired) electrons. The molecule has 0 saturated carbocycles. The first-order chi connectivity index (χ1) is 14.4. The van der Waals surface area contributed by atoms with Gasteiger partial charge in [-0.05, 0) is 76.1 Å². The summed E-state index contributed by atoms with van der Waals surface area (Å²) in [5.74, 6) is 2.66. The van der Waals surface area contributed by atoms with Gasteiger partial charge in [-0.2, -0.15) is 0 Å². The van der Waals surface area contributed by atoms with Gasteiger partial charge in [-0.25, -0.2) is 0 Å². The zero-order chi connectivity index (χ0) is 19.2. The van der Waals surface area contributed by atoms with Crippen LogP contribution in [-0.4, -0.2) is 0 Å². The van der Waals surface area contributed by atoms with Gasteiger partial charge in [0.15, 0.2) is 0 Å². The van der Waals surface area contributed by atoms with Crippen molar-refractivity contribution in [1.82, 2.24) is 0 Å². The summed E-state index contributed by atoms with van der Waals surface area (Å²) in [6.45, 7) is 0. The van der Waals surface area contributed by atoms with Crippen LogP contribution in [0.2, 0.25) is 0 Å². The monoisotopic (exact) mass is 373 g/mol. The molecule has 2 atom stereocenters. The van der Waals surface area contributed by atoms with E-state index >= 15 is 0 Å². The van der Waals surface area contributed by atoms with Gasteiger partial charge >= 0.3 is 0 Å². The zero-order valence-corrected chi connectivity index (χ0v) is 16.6. The van der Waals surface area contributed by atoms with Gasteiger partial charge in [0, 0.05) is 5.92 Å². The van der Waals surface area contributed by atoms with Crippen LogP contribution in [0.1, 0.15) is 52.5 Å². The third kappa shape index (κ3) is 2.74. The summed E-state index contributed by atoms with van der Waals surface area (Å²) in [6, 6.07) is 34.0. The van der Waals surface area contributed by atoms with Gasteiger partial charge in [0.05, 0.1) is 0 Å². The van der Waals surface area contributed by atoms with Crippen molar-refractivity contribution in [2.45, 2.75) is 37.5 Å². The van der Waals surface area contributed by atoms with Gasteiger partial charge in [0.25, 0.3) is 0 Å². The summed E-state index contributed by atoms with van der Waals surface area (Å²) in [5, 5.41) is 2.76. The minimum Gasteiger partial charge on any atom is -0.0620 e. The second-order valence-corrected chi connectivity index (χ2v) is 8.58. The molecule has 0 heteroatoms. The average molecular weight is 374 g/mol. The molecule has 4 aromatic rings. The first-order valence-electron chi connectivity index (χ1n) is 10.9. The summed E-state index contributed by atoms with van der Waals surface area (Å²) >= 11 is 0. The van der Waals surface area contributed by atoms with Crippen molar-refractivity contribution in [3.05, 3.63) is 125 Å². The highest BCUT2D eigenvalue weighted by atomic mass is 14.4. The Kier molecular flexibility index (Phi) is 4.04. The predicted octanol–water partition coefficient (Wildman–Crippen LogP) is 7.22. The van der Waals surface area contributed by atoms with Crippen molar-refractivity contribution in [2.24, 2.45) is 0 Å². The van der Waals surface area contributed by atoms with E-state index < -0.39 is 0 Å². The van der Waals surface area contributed by atoms with Crippen LogP contribution in [0.3, 0.4) is 0 Å². The molecule has 0 spiro atoms. The molecule has 0 saturated heterocycles. The Labute approximate surface area is 173 Å². The van der Waals surface area contributed by atoms with E-state index in [4.69, 9.17) is 0 Å². The second kappa shape index (κ2) is 6.88. The molecule has 0 heterocycles. The summed E-state index contributed by atoms with van der Waals surface area (Å²) in [5.41, 5.74) is 7.64. The zero-order valence-electron chi connectivity index (χ0n) is 16.6. The Morgan fingerprint density at radius 3 is 2.28 bits per heavy atom. The number of fused-ring (bicyclic) bond motifs is 3. The van der Waals surface area contributed by atoms with Gasteiger partial charge < -0.3 is 0 Å². The molecule has 0 amide bonds. The van der Waals surface area contributed by atoms with Crippen molar-refractivity contribution >= 4 is 10.8 Å². The Bertz CT molecular complexity index is 1180. The number of hydrogen-bond acceptors (Lipinski definition) is 0. The summed E-state index contributed by atoms with van der Waals surface area (Å²) < 4.78 is 0. The van der Waals surface area contributed by atoms with E-state index in [0.29, 0.717) is 11.8 Å². The van der Waals surface area contributed by atoms with Crippen LogP contribution < -0.4 is 0 Å². The van der Waals surface area contributed by atoms with Crippen LogP contribution in [-0.2, 0) is 12.8 Å². The van der Waals surface area contributed by atoms with E-state index in [1.807, 2.05) is 0 Å². The average Bonchev–Trinajstić information content (AvgIpc) is 3.17. The standard InChI is InChI=1S/C29H25/c1-4-14-23-20(9-1)12-7-17-26(23)28-19-22-11-3-6-16-25(22)29(28)27-18-8-13-21-10-2-5-15-24(21)27/h1-7,9-12,14-17,27-28H,8,13,18-19H2. The van der Waals surface area contributed by atoms with Gasteiger partial charge in [0.1, 0.15) is 0 Å². The molecule has 29 heavy (non-hydrogen) atoms. The lowest BCUT2D eigenvalue weighted by atomic mass is 9.69. The van der Waals surface area contributed by atoms with Gasteiger partial charge in [-0.1, -0.05) is 91.0 Å². The van der Waals surface area contributed by atoms with Crippen LogP contribution in [0.4, 0.5) is 0 Å². The Balaban J connectivity index is 1.54. The maximum absolute atomic E-state index is 2.38. The highest BCUT2D eigenvalue weighted by Crippen LogP contribution is 2.54. The maximum Gasteiger partial charge on any atom is 0.0205 e. The number of aryl methyl sites for hydroxylation is 1. The topological polar surface area (TPSA) is 0 Å². The summed E-state index contributed by atoms with van der Waals surface area (Å²) in [7, 11) is 0. The first-order valence-corrected chi connectivity index (χ1v) is 10.9. The summed E-state index contributed by atoms with van der Waals surface area (Å²) in [6.07, 6.45) is 4.90. The first kappa shape index (κ1) is 17.0. The molecule has 2 aliphatic carbocycles. The molecule has 0 nitrogen and oxygen atoms in total. The molecule has 0 fully saturated rings. The molecular formula is C29H25. The maximum atomic E-state index is 2.38. The van der Waals surface area contributed by atoms with Gasteiger partial charge in [-0.15, -0.1) is 0 Å². The van der Waals surface area contributed by atoms with E-state index in [1.165, 1.54) is 46.7 Å². The van der Waals surface area contributed by atoms with Crippen LogP contribution in [0.5, 0.6) is 0 Å². The Morgan fingerprint density at radius 2 is 1.31 bits per heavy atom. The highest BCUT2D eigenvalue weighted by molar-refractivity contribution is 5.87. The molecule has 2 aliphatic rings. The molecule has 0 N–H and O–H groups in total. The van der Waals surface area contributed by atoms with Crippen LogP contribution in [0, 0.1) is 5.92 Å². The molecule has 0 aromatic heterocycles. The fraction of sp³-hybridized carbons (Fsp3) is 0.207. The predicted molar refractivity (Wildman–Crippen MR) is 121 cm³/mol. The van der Waals surface area contributed by atoms with Crippen molar-refractivity contribution in [1.29, 1.82) is 0 Å². The van der Waals surface area contributed by atoms with E-state index in [1.54, 1.807) is 17.0 Å². The Hall–Kier alpha value is -2.86. The normalized spacial score (nSPS) is 21.1. The minimum atomic E-state index is 0.467. The van der Waals surface area contributed by atoms with Gasteiger partial charge in [-0.3, -0.25) is 0 Å². The third-order valence-electron chi connectivity index (χ3n) is 7.07. The third-order valence-corrected chi connectivity index (χ3v) is 7.07. The van der Waals surface area contributed by atoms with E-state index in [9.17, 15) is 0 Å². The lowest BCUT2D eigenvalue weighted by Gasteiger charge is -2.34. The van der Waals surface area contributed by atoms with E-state index in [0.717, 1.165) is 6.42 Å². The largest absolute Gasteiger partial charge is 0.0620 e. The van der Waals surface area contributed by atoms with Crippen LogP contribution in [0.25, 0.3) is 10.8 Å². The van der Waals surface area contributed by atoms with E-state index in [-0.39, 0.29) is 0 Å². The van der Waals surface area contributed by atoms with E-state index in [2.05, 4.69) is 91.0 Å². The summed E-state index contributed by atoms with van der Waals surface area (Å²) in [4.78, 5) is 0. The number of benzene rings is 4. The number of hydrogen-bond donors (Lipinski definition) is 0.